The number of para-hydroxylation sites is 2. The summed E-state index contributed by atoms with van der Waals surface area (Å²) in [5.74, 6) is -0.182. The molecule has 4 nitrogen and oxygen atoms in total. The molecule has 2 aromatic carbocycles. The Morgan fingerprint density at radius 2 is 1.90 bits per heavy atom. The molecule has 4 heteroatoms. The van der Waals surface area contributed by atoms with Gasteiger partial charge in [-0.3, -0.25) is 0 Å². The number of aliphatic carboxylic acids is 1. The lowest BCUT2D eigenvalue weighted by Gasteiger charge is -2.38. The lowest BCUT2D eigenvalue weighted by atomic mass is 9.85. The van der Waals surface area contributed by atoms with Gasteiger partial charge in [0.1, 0.15) is 17.9 Å². The molecular weight excluding hydrogens is 266 g/mol. The van der Waals surface area contributed by atoms with E-state index in [1.165, 1.54) is 0 Å². The van der Waals surface area contributed by atoms with Gasteiger partial charge in [0.25, 0.3) is 0 Å². The molecule has 21 heavy (non-hydrogen) atoms. The molecule has 0 saturated heterocycles. The molecule has 0 saturated carbocycles. The van der Waals surface area contributed by atoms with E-state index in [1.54, 1.807) is 6.08 Å². The summed E-state index contributed by atoms with van der Waals surface area (Å²) in [5, 5.41) is 13.0. The number of fused-ring (bicyclic) bond motifs is 3. The summed E-state index contributed by atoms with van der Waals surface area (Å²) in [6.45, 7) is 0.263. The van der Waals surface area contributed by atoms with E-state index in [4.69, 9.17) is 4.74 Å². The number of hydrogen-bond acceptors (Lipinski definition) is 3. The Bertz CT molecular complexity index is 781. The van der Waals surface area contributed by atoms with Crippen LogP contribution in [-0.4, -0.2) is 17.7 Å². The molecule has 4 rings (SSSR count). The van der Waals surface area contributed by atoms with E-state index < -0.39 is 11.5 Å². The first-order valence-corrected chi connectivity index (χ1v) is 6.76. The average molecular weight is 279 g/mol. The molecule has 2 aliphatic rings. The topological polar surface area (TPSA) is 58.6 Å². The number of anilines is 1. The Morgan fingerprint density at radius 3 is 2.76 bits per heavy atom. The molecule has 1 unspecified atom stereocenters. The van der Waals surface area contributed by atoms with Gasteiger partial charge in [0.2, 0.25) is 0 Å². The van der Waals surface area contributed by atoms with Crippen molar-refractivity contribution in [2.24, 2.45) is 0 Å². The van der Waals surface area contributed by atoms with Gasteiger partial charge in [-0.25, -0.2) is 4.79 Å². The van der Waals surface area contributed by atoms with Gasteiger partial charge in [-0.05, 0) is 29.3 Å². The van der Waals surface area contributed by atoms with Crippen LogP contribution in [-0.2, 0) is 10.3 Å². The maximum atomic E-state index is 11.7. The largest absolute Gasteiger partial charge is 0.488 e. The molecule has 1 heterocycles. The number of benzene rings is 2. The van der Waals surface area contributed by atoms with E-state index in [1.807, 2.05) is 48.5 Å². The Hall–Kier alpha value is -2.75. The monoisotopic (exact) mass is 279 g/mol. The van der Waals surface area contributed by atoms with E-state index >= 15 is 0 Å². The fraction of sp³-hybridized carbons (Fsp3) is 0.118. The summed E-state index contributed by atoms with van der Waals surface area (Å²) in [6.07, 6.45) is 1.72. The molecule has 1 aliphatic heterocycles. The highest BCUT2D eigenvalue weighted by Crippen LogP contribution is 2.46. The molecule has 0 fully saturated rings. The number of nitrogens with one attached hydrogen (secondary N) is 1. The highest BCUT2D eigenvalue weighted by molar-refractivity contribution is 6.00. The second-order valence-electron chi connectivity index (χ2n) is 5.27. The van der Waals surface area contributed by atoms with Crippen LogP contribution in [0.1, 0.15) is 11.1 Å². The zero-order chi connectivity index (χ0) is 14.4. The molecule has 2 N–H and O–H groups in total. The SMILES string of the molecule is O=C(O)C1=Cc2ccccc2C12COc1ccccc1N2. The molecule has 0 radical (unpaired) electrons. The van der Waals surface area contributed by atoms with E-state index in [2.05, 4.69) is 5.32 Å². The Kier molecular flexibility index (Phi) is 2.36. The van der Waals surface area contributed by atoms with Gasteiger partial charge in [-0.2, -0.15) is 0 Å². The molecule has 0 aromatic heterocycles. The van der Waals surface area contributed by atoms with Crippen LogP contribution >= 0.6 is 0 Å². The third kappa shape index (κ3) is 1.59. The molecule has 2 aromatic rings. The molecule has 104 valence electrons. The van der Waals surface area contributed by atoms with Gasteiger partial charge in [-0.15, -0.1) is 0 Å². The molecular formula is C17H13NO3. The number of carboxylic acids is 1. The molecule has 1 aliphatic carbocycles. The second kappa shape index (κ2) is 4.12. The summed E-state index contributed by atoms with van der Waals surface area (Å²) in [4.78, 5) is 11.7. The quantitative estimate of drug-likeness (QED) is 0.842. The fourth-order valence-electron chi connectivity index (χ4n) is 3.12. The van der Waals surface area contributed by atoms with Gasteiger partial charge in [0.15, 0.2) is 0 Å². The van der Waals surface area contributed by atoms with E-state index in [9.17, 15) is 9.90 Å². The number of carbonyl (C=O) groups is 1. The summed E-state index contributed by atoms with van der Waals surface area (Å²) in [7, 11) is 0. The zero-order valence-electron chi connectivity index (χ0n) is 11.2. The summed E-state index contributed by atoms with van der Waals surface area (Å²) >= 11 is 0. The molecule has 0 bridgehead atoms. The van der Waals surface area contributed by atoms with Gasteiger partial charge in [-0.1, -0.05) is 36.4 Å². The number of ether oxygens (including phenoxy) is 1. The van der Waals surface area contributed by atoms with Crippen LogP contribution in [0.3, 0.4) is 0 Å². The maximum absolute atomic E-state index is 11.7. The van der Waals surface area contributed by atoms with Crippen molar-refractivity contribution in [2.45, 2.75) is 5.54 Å². The first-order valence-electron chi connectivity index (χ1n) is 6.76. The van der Waals surface area contributed by atoms with Crippen molar-refractivity contribution in [3.63, 3.8) is 0 Å². The minimum Gasteiger partial charge on any atom is -0.488 e. The van der Waals surface area contributed by atoms with Gasteiger partial charge in [0.05, 0.1) is 11.3 Å². The van der Waals surface area contributed by atoms with Crippen LogP contribution in [0.25, 0.3) is 6.08 Å². The van der Waals surface area contributed by atoms with Crippen LogP contribution in [0.5, 0.6) is 5.75 Å². The van der Waals surface area contributed by atoms with Crippen LogP contribution in [0.15, 0.2) is 54.1 Å². The first kappa shape index (κ1) is 12.0. The highest BCUT2D eigenvalue weighted by Gasteiger charge is 2.48. The summed E-state index contributed by atoms with van der Waals surface area (Å²) in [5.41, 5.74) is 2.17. The van der Waals surface area contributed by atoms with Crippen LogP contribution in [0.4, 0.5) is 5.69 Å². The van der Waals surface area contributed by atoms with Gasteiger partial charge >= 0.3 is 5.97 Å². The van der Waals surface area contributed by atoms with Crippen LogP contribution in [0.2, 0.25) is 0 Å². The predicted molar refractivity (Wildman–Crippen MR) is 79.3 cm³/mol. The predicted octanol–water partition coefficient (Wildman–Crippen LogP) is 2.87. The Morgan fingerprint density at radius 1 is 1.14 bits per heavy atom. The number of hydrogen-bond donors (Lipinski definition) is 2. The minimum atomic E-state index is -0.929. The lowest BCUT2D eigenvalue weighted by molar-refractivity contribution is -0.133. The average Bonchev–Trinajstić information content (AvgIpc) is 2.82. The molecule has 1 atom stereocenters. The van der Waals surface area contributed by atoms with Gasteiger partial charge in [0, 0.05) is 0 Å². The smallest absolute Gasteiger partial charge is 0.334 e. The van der Waals surface area contributed by atoms with Crippen LogP contribution in [0, 0.1) is 0 Å². The maximum Gasteiger partial charge on any atom is 0.334 e. The van der Waals surface area contributed by atoms with Crippen molar-refractivity contribution in [3.8, 4) is 5.75 Å². The lowest BCUT2D eigenvalue weighted by Crippen LogP contribution is -2.46. The summed E-state index contributed by atoms with van der Waals surface area (Å²) < 4.78 is 5.83. The van der Waals surface area contributed by atoms with Crippen molar-refractivity contribution in [1.29, 1.82) is 0 Å². The molecule has 1 spiro atoms. The van der Waals surface area contributed by atoms with E-state index in [0.29, 0.717) is 5.57 Å². The highest BCUT2D eigenvalue weighted by atomic mass is 16.5. The van der Waals surface area contributed by atoms with E-state index in [0.717, 1.165) is 22.6 Å². The summed E-state index contributed by atoms with van der Waals surface area (Å²) in [6, 6.07) is 15.3. The molecule has 0 amide bonds. The van der Waals surface area contributed by atoms with Crippen LogP contribution < -0.4 is 10.1 Å². The third-order valence-corrected chi connectivity index (χ3v) is 4.09. The fourth-order valence-corrected chi connectivity index (χ4v) is 3.12. The van der Waals surface area contributed by atoms with Crippen molar-refractivity contribution in [2.75, 3.05) is 11.9 Å². The normalized spacial score (nSPS) is 21.8. The standard InChI is InChI=1S/C17H13NO3/c19-16(20)13-9-11-5-1-2-6-12(11)17(13)10-21-15-8-4-3-7-14(15)18-17/h1-9,18H,10H2,(H,19,20). The Balaban J connectivity index is 1.90. The third-order valence-electron chi connectivity index (χ3n) is 4.09. The van der Waals surface area contributed by atoms with Crippen molar-refractivity contribution in [1.82, 2.24) is 0 Å². The van der Waals surface area contributed by atoms with Crippen molar-refractivity contribution < 1.29 is 14.6 Å². The van der Waals surface area contributed by atoms with Crippen molar-refractivity contribution >= 4 is 17.7 Å². The van der Waals surface area contributed by atoms with Gasteiger partial charge < -0.3 is 15.2 Å². The number of carboxylic acid groups (broad SMARTS) is 1. The van der Waals surface area contributed by atoms with Crippen molar-refractivity contribution in [3.05, 3.63) is 65.2 Å². The van der Waals surface area contributed by atoms with E-state index in [-0.39, 0.29) is 6.61 Å². The zero-order valence-corrected chi connectivity index (χ0v) is 11.2. The Labute approximate surface area is 121 Å². The number of rotatable bonds is 1. The first-order chi connectivity index (χ1) is 10.2. The second-order valence-corrected chi connectivity index (χ2v) is 5.27. The minimum absolute atomic E-state index is 0.263.